The highest BCUT2D eigenvalue weighted by Crippen LogP contribution is 2.23. The van der Waals surface area contributed by atoms with Crippen molar-refractivity contribution in [1.29, 1.82) is 0 Å². The molecule has 0 aliphatic carbocycles. The van der Waals surface area contributed by atoms with E-state index in [4.69, 9.17) is 0 Å². The van der Waals surface area contributed by atoms with E-state index in [2.05, 4.69) is 34.5 Å². The predicted octanol–water partition coefficient (Wildman–Crippen LogP) is 2.75. The fourth-order valence-corrected chi connectivity index (χ4v) is 3.26. The van der Waals surface area contributed by atoms with Gasteiger partial charge in [-0.2, -0.15) is 0 Å². The number of nitrogens with zero attached hydrogens (tertiary/aromatic N) is 1. The van der Waals surface area contributed by atoms with E-state index in [1.807, 2.05) is 0 Å². The van der Waals surface area contributed by atoms with Crippen LogP contribution in [0.25, 0.3) is 0 Å². The molecule has 18 heavy (non-hydrogen) atoms. The summed E-state index contributed by atoms with van der Waals surface area (Å²) in [4.78, 5) is 2.61. The van der Waals surface area contributed by atoms with Gasteiger partial charge in [-0.15, -0.1) is 0 Å². The molecule has 0 spiro atoms. The first-order valence-corrected chi connectivity index (χ1v) is 7.44. The van der Waals surface area contributed by atoms with Crippen molar-refractivity contribution in [2.45, 2.75) is 38.1 Å². The molecule has 0 saturated carbocycles. The lowest BCUT2D eigenvalue weighted by Gasteiger charge is -2.26. The van der Waals surface area contributed by atoms with Crippen LogP contribution in [-0.2, 0) is 6.54 Å². The quantitative estimate of drug-likeness (QED) is 0.879. The van der Waals surface area contributed by atoms with Crippen molar-refractivity contribution in [2.24, 2.45) is 0 Å². The van der Waals surface area contributed by atoms with Gasteiger partial charge in [0, 0.05) is 13.1 Å². The molecule has 0 bridgehead atoms. The molecule has 1 aromatic carbocycles. The van der Waals surface area contributed by atoms with Crippen LogP contribution < -0.4 is 5.32 Å². The summed E-state index contributed by atoms with van der Waals surface area (Å²) in [6, 6.07) is 9.27. The molecule has 1 unspecified atom stereocenters. The second kappa shape index (κ2) is 5.85. The summed E-state index contributed by atoms with van der Waals surface area (Å²) >= 11 is 0. The van der Waals surface area contributed by atoms with Gasteiger partial charge in [0.05, 0.1) is 0 Å². The molecule has 2 aliphatic rings. The van der Waals surface area contributed by atoms with Crippen molar-refractivity contribution in [3.8, 4) is 0 Å². The number of hydrogen-bond acceptors (Lipinski definition) is 2. The van der Waals surface area contributed by atoms with Crippen LogP contribution in [0, 0.1) is 0 Å². The highest BCUT2D eigenvalue weighted by Gasteiger charge is 2.17. The third-order valence-corrected chi connectivity index (χ3v) is 4.34. The Kier molecular flexibility index (Phi) is 3.96. The van der Waals surface area contributed by atoms with Crippen LogP contribution in [0.4, 0.5) is 0 Å². The van der Waals surface area contributed by atoms with Gasteiger partial charge >= 0.3 is 0 Å². The summed E-state index contributed by atoms with van der Waals surface area (Å²) in [5, 5.41) is 3.46. The van der Waals surface area contributed by atoms with Gasteiger partial charge in [-0.3, -0.25) is 4.90 Å². The molecular formula is C16H24N2. The number of hydrogen-bond donors (Lipinski definition) is 1. The second-order valence-electron chi connectivity index (χ2n) is 5.77. The lowest BCUT2D eigenvalue weighted by molar-refractivity contribution is 0.221. The molecule has 1 aromatic rings. The van der Waals surface area contributed by atoms with Crippen molar-refractivity contribution in [1.82, 2.24) is 10.2 Å². The summed E-state index contributed by atoms with van der Waals surface area (Å²) in [6.07, 6.45) is 5.48. The maximum atomic E-state index is 3.46. The topological polar surface area (TPSA) is 15.3 Å². The van der Waals surface area contributed by atoms with E-state index in [0.29, 0.717) is 0 Å². The Labute approximate surface area is 110 Å². The number of benzene rings is 1. The first-order valence-electron chi connectivity index (χ1n) is 7.44. The van der Waals surface area contributed by atoms with Gasteiger partial charge in [-0.1, -0.05) is 30.7 Å². The van der Waals surface area contributed by atoms with E-state index in [-0.39, 0.29) is 0 Å². The van der Waals surface area contributed by atoms with Crippen molar-refractivity contribution in [2.75, 3.05) is 26.2 Å². The smallest absolute Gasteiger partial charge is 0.0233 e. The molecule has 2 heterocycles. The first-order chi connectivity index (χ1) is 8.92. The maximum absolute atomic E-state index is 3.46. The van der Waals surface area contributed by atoms with Gasteiger partial charge in [-0.05, 0) is 55.9 Å². The molecule has 98 valence electrons. The Morgan fingerprint density at radius 2 is 2.06 bits per heavy atom. The first kappa shape index (κ1) is 12.2. The molecule has 1 N–H and O–H groups in total. The molecule has 0 aromatic heterocycles. The Hall–Kier alpha value is -0.860. The lowest BCUT2D eigenvalue weighted by atomic mass is 9.96. The van der Waals surface area contributed by atoms with Crippen LogP contribution in [0.15, 0.2) is 24.3 Å². The fourth-order valence-electron chi connectivity index (χ4n) is 3.26. The summed E-state index contributed by atoms with van der Waals surface area (Å²) in [5.74, 6) is 0.742. The lowest BCUT2D eigenvalue weighted by Crippen LogP contribution is -2.29. The van der Waals surface area contributed by atoms with E-state index in [1.54, 1.807) is 0 Å². The molecule has 2 heteroatoms. The van der Waals surface area contributed by atoms with Crippen LogP contribution in [-0.4, -0.2) is 31.1 Å². The van der Waals surface area contributed by atoms with E-state index in [1.165, 1.54) is 56.4 Å². The zero-order chi connectivity index (χ0) is 12.2. The monoisotopic (exact) mass is 244 g/mol. The minimum absolute atomic E-state index is 0.742. The largest absolute Gasteiger partial charge is 0.316 e. The van der Waals surface area contributed by atoms with Crippen molar-refractivity contribution in [3.63, 3.8) is 0 Å². The molecule has 2 saturated heterocycles. The van der Waals surface area contributed by atoms with E-state index in [0.717, 1.165) is 19.0 Å². The fraction of sp³-hybridized carbons (Fsp3) is 0.625. The van der Waals surface area contributed by atoms with Crippen LogP contribution in [0.5, 0.6) is 0 Å². The van der Waals surface area contributed by atoms with Gasteiger partial charge in [-0.25, -0.2) is 0 Å². The Morgan fingerprint density at radius 1 is 1.17 bits per heavy atom. The van der Waals surface area contributed by atoms with Gasteiger partial charge < -0.3 is 5.32 Å². The zero-order valence-electron chi connectivity index (χ0n) is 11.2. The Bertz CT molecular complexity index is 376. The SMILES string of the molecule is c1cc(CN2CCCCC2)cc(C2CCNC2)c1. The van der Waals surface area contributed by atoms with Crippen LogP contribution in [0.1, 0.15) is 42.7 Å². The van der Waals surface area contributed by atoms with Crippen LogP contribution in [0.3, 0.4) is 0 Å². The summed E-state index contributed by atoms with van der Waals surface area (Å²) in [6.45, 7) is 6.06. The molecule has 2 aliphatic heterocycles. The predicted molar refractivity (Wildman–Crippen MR) is 75.8 cm³/mol. The van der Waals surface area contributed by atoms with E-state index in [9.17, 15) is 0 Å². The number of nitrogens with one attached hydrogen (secondary N) is 1. The minimum atomic E-state index is 0.742. The van der Waals surface area contributed by atoms with Crippen molar-refractivity contribution < 1.29 is 0 Å². The number of rotatable bonds is 3. The minimum Gasteiger partial charge on any atom is -0.316 e. The van der Waals surface area contributed by atoms with Gasteiger partial charge in [0.25, 0.3) is 0 Å². The normalized spacial score (nSPS) is 25.4. The van der Waals surface area contributed by atoms with Gasteiger partial charge in [0.15, 0.2) is 0 Å². The highest BCUT2D eigenvalue weighted by molar-refractivity contribution is 5.27. The third-order valence-electron chi connectivity index (χ3n) is 4.34. The Balaban J connectivity index is 1.66. The second-order valence-corrected chi connectivity index (χ2v) is 5.77. The van der Waals surface area contributed by atoms with Crippen LogP contribution >= 0.6 is 0 Å². The third kappa shape index (κ3) is 2.93. The van der Waals surface area contributed by atoms with Gasteiger partial charge in [0.2, 0.25) is 0 Å². The molecule has 3 rings (SSSR count). The zero-order valence-corrected chi connectivity index (χ0v) is 11.2. The van der Waals surface area contributed by atoms with Crippen molar-refractivity contribution >= 4 is 0 Å². The van der Waals surface area contributed by atoms with Crippen molar-refractivity contribution in [3.05, 3.63) is 35.4 Å². The summed E-state index contributed by atoms with van der Waals surface area (Å²) < 4.78 is 0. The van der Waals surface area contributed by atoms with Crippen LogP contribution in [0.2, 0.25) is 0 Å². The van der Waals surface area contributed by atoms with E-state index >= 15 is 0 Å². The molecule has 2 nitrogen and oxygen atoms in total. The summed E-state index contributed by atoms with van der Waals surface area (Å²) in [7, 11) is 0. The summed E-state index contributed by atoms with van der Waals surface area (Å²) in [5.41, 5.74) is 3.04. The highest BCUT2D eigenvalue weighted by atomic mass is 15.1. The Morgan fingerprint density at radius 3 is 2.83 bits per heavy atom. The molecule has 2 fully saturated rings. The number of likely N-dealkylation sites (tertiary alicyclic amines) is 1. The van der Waals surface area contributed by atoms with E-state index < -0.39 is 0 Å². The standard InChI is InChI=1S/C16H24N2/c1-2-9-18(10-3-1)13-14-5-4-6-15(11-14)16-7-8-17-12-16/h4-6,11,16-17H,1-3,7-10,12-13H2. The molecule has 0 amide bonds. The number of piperidine rings is 1. The average Bonchev–Trinajstić information content (AvgIpc) is 2.94. The molecule has 1 atom stereocenters. The molecular weight excluding hydrogens is 220 g/mol. The molecule has 0 radical (unpaired) electrons. The van der Waals surface area contributed by atoms with Gasteiger partial charge in [0.1, 0.15) is 0 Å². The maximum Gasteiger partial charge on any atom is 0.0233 e. The average molecular weight is 244 g/mol.